The average Bonchev–Trinajstić information content (AvgIpc) is 3.32. The molecule has 0 bridgehead atoms. The van der Waals surface area contributed by atoms with E-state index in [1.807, 2.05) is 25.4 Å². The molecule has 0 unspecified atom stereocenters. The molecule has 4 heterocycles. The number of nitrogens with zero attached hydrogens (tertiary/aromatic N) is 5. The number of rotatable bonds is 4. The summed E-state index contributed by atoms with van der Waals surface area (Å²) < 4.78 is 1.73. The number of piperidine rings is 1. The maximum Gasteiger partial charge on any atom is 0.274 e. The lowest BCUT2D eigenvalue weighted by Gasteiger charge is -2.27. The van der Waals surface area contributed by atoms with Crippen LogP contribution in [0.1, 0.15) is 29.8 Å². The summed E-state index contributed by atoms with van der Waals surface area (Å²) in [5, 5.41) is 14.2. The van der Waals surface area contributed by atoms with Crippen LogP contribution in [-0.4, -0.2) is 44.0 Å². The standard InChI is InChI=1S/C18H21N7O/c1-24-12-16(17(23-24)25-8-3-2-4-9-25)22-18(26)15-7-5-6-14(21-15)13-10-19-20-11-13/h5-7,10-12H,2-4,8-9H2,1H3,(H,19,20)(H,22,26). The lowest BCUT2D eigenvalue weighted by molar-refractivity contribution is 0.102. The smallest absolute Gasteiger partial charge is 0.274 e. The van der Waals surface area contributed by atoms with Gasteiger partial charge in [-0.3, -0.25) is 14.6 Å². The number of carbonyl (C=O) groups is 1. The van der Waals surface area contributed by atoms with E-state index in [1.165, 1.54) is 6.42 Å². The first-order chi connectivity index (χ1) is 12.7. The molecule has 1 aliphatic rings. The molecular weight excluding hydrogens is 330 g/mol. The largest absolute Gasteiger partial charge is 0.353 e. The summed E-state index contributed by atoms with van der Waals surface area (Å²) in [4.78, 5) is 19.4. The van der Waals surface area contributed by atoms with Crippen LogP contribution in [0.25, 0.3) is 11.3 Å². The van der Waals surface area contributed by atoms with Crippen molar-refractivity contribution in [3.63, 3.8) is 0 Å². The number of H-pyrrole nitrogens is 1. The molecule has 26 heavy (non-hydrogen) atoms. The number of aromatic amines is 1. The van der Waals surface area contributed by atoms with E-state index in [0.717, 1.165) is 43.0 Å². The van der Waals surface area contributed by atoms with Crippen LogP contribution in [0.5, 0.6) is 0 Å². The predicted molar refractivity (Wildman–Crippen MR) is 99.0 cm³/mol. The molecule has 0 aliphatic carbocycles. The van der Waals surface area contributed by atoms with E-state index in [4.69, 9.17) is 0 Å². The fourth-order valence-electron chi connectivity index (χ4n) is 3.20. The van der Waals surface area contributed by atoms with Crippen molar-refractivity contribution in [3.05, 3.63) is 42.5 Å². The zero-order chi connectivity index (χ0) is 17.9. The second kappa shape index (κ2) is 6.99. The highest BCUT2D eigenvalue weighted by atomic mass is 16.1. The third kappa shape index (κ3) is 3.30. The van der Waals surface area contributed by atoms with Gasteiger partial charge in [0, 0.05) is 31.9 Å². The van der Waals surface area contributed by atoms with Gasteiger partial charge < -0.3 is 10.2 Å². The monoisotopic (exact) mass is 351 g/mol. The van der Waals surface area contributed by atoms with E-state index in [2.05, 4.69) is 30.5 Å². The molecule has 1 fully saturated rings. The van der Waals surface area contributed by atoms with Crippen molar-refractivity contribution in [2.75, 3.05) is 23.3 Å². The highest BCUT2D eigenvalue weighted by molar-refractivity contribution is 6.04. The van der Waals surface area contributed by atoms with Crippen LogP contribution in [-0.2, 0) is 7.05 Å². The van der Waals surface area contributed by atoms with Crippen LogP contribution in [0.3, 0.4) is 0 Å². The Morgan fingerprint density at radius 3 is 2.85 bits per heavy atom. The van der Waals surface area contributed by atoms with Gasteiger partial charge in [-0.15, -0.1) is 0 Å². The Balaban J connectivity index is 1.56. The first-order valence-corrected chi connectivity index (χ1v) is 8.77. The Bertz CT molecular complexity index is 894. The molecular formula is C18H21N7O. The molecule has 0 saturated carbocycles. The number of anilines is 2. The van der Waals surface area contributed by atoms with E-state index in [1.54, 1.807) is 23.1 Å². The first-order valence-electron chi connectivity index (χ1n) is 8.77. The molecule has 1 amide bonds. The summed E-state index contributed by atoms with van der Waals surface area (Å²) in [5.74, 6) is 0.577. The number of aryl methyl sites for hydroxylation is 1. The molecule has 134 valence electrons. The van der Waals surface area contributed by atoms with Crippen LogP contribution in [0.2, 0.25) is 0 Å². The topological polar surface area (TPSA) is 91.7 Å². The lowest BCUT2D eigenvalue weighted by atomic mass is 10.1. The van der Waals surface area contributed by atoms with Gasteiger partial charge in [0.25, 0.3) is 5.91 Å². The molecule has 8 nitrogen and oxygen atoms in total. The number of carbonyl (C=O) groups excluding carboxylic acids is 1. The van der Waals surface area contributed by atoms with Crippen LogP contribution < -0.4 is 10.2 Å². The number of pyridine rings is 1. The van der Waals surface area contributed by atoms with Gasteiger partial charge in [-0.05, 0) is 31.4 Å². The van der Waals surface area contributed by atoms with Gasteiger partial charge in [-0.25, -0.2) is 4.98 Å². The lowest BCUT2D eigenvalue weighted by Crippen LogP contribution is -2.30. The van der Waals surface area contributed by atoms with Crippen LogP contribution >= 0.6 is 0 Å². The minimum absolute atomic E-state index is 0.249. The molecule has 1 saturated heterocycles. The maximum absolute atomic E-state index is 12.7. The fraction of sp³-hybridized carbons (Fsp3) is 0.333. The Hall–Kier alpha value is -3.16. The minimum atomic E-state index is -0.249. The second-order valence-electron chi connectivity index (χ2n) is 6.44. The summed E-state index contributed by atoms with van der Waals surface area (Å²) in [6.07, 6.45) is 8.81. The summed E-state index contributed by atoms with van der Waals surface area (Å²) in [5.41, 5.74) is 2.62. The van der Waals surface area contributed by atoms with E-state index in [9.17, 15) is 4.79 Å². The number of aromatic nitrogens is 5. The van der Waals surface area contributed by atoms with E-state index in [-0.39, 0.29) is 5.91 Å². The number of hydrogen-bond donors (Lipinski definition) is 2. The average molecular weight is 351 g/mol. The molecule has 0 atom stereocenters. The van der Waals surface area contributed by atoms with Crippen LogP contribution in [0.4, 0.5) is 11.5 Å². The van der Waals surface area contributed by atoms with E-state index < -0.39 is 0 Å². The molecule has 4 rings (SSSR count). The van der Waals surface area contributed by atoms with Crippen molar-refractivity contribution in [2.24, 2.45) is 7.05 Å². The summed E-state index contributed by atoms with van der Waals surface area (Å²) in [6.45, 7) is 1.93. The summed E-state index contributed by atoms with van der Waals surface area (Å²) >= 11 is 0. The Morgan fingerprint density at radius 2 is 2.08 bits per heavy atom. The normalized spacial score (nSPS) is 14.4. The van der Waals surface area contributed by atoms with Crippen molar-refractivity contribution in [1.82, 2.24) is 25.0 Å². The second-order valence-corrected chi connectivity index (χ2v) is 6.44. The van der Waals surface area contributed by atoms with E-state index in [0.29, 0.717) is 11.4 Å². The van der Waals surface area contributed by atoms with Gasteiger partial charge in [0.05, 0.1) is 18.1 Å². The highest BCUT2D eigenvalue weighted by Gasteiger charge is 2.20. The third-order valence-corrected chi connectivity index (χ3v) is 4.49. The van der Waals surface area contributed by atoms with Crippen molar-refractivity contribution >= 4 is 17.4 Å². The maximum atomic E-state index is 12.7. The molecule has 0 aromatic carbocycles. The summed E-state index contributed by atoms with van der Waals surface area (Å²) in [7, 11) is 1.86. The quantitative estimate of drug-likeness (QED) is 0.753. The molecule has 1 aliphatic heterocycles. The molecule has 3 aromatic heterocycles. The van der Waals surface area contributed by atoms with Gasteiger partial charge >= 0.3 is 0 Å². The van der Waals surface area contributed by atoms with Crippen molar-refractivity contribution in [2.45, 2.75) is 19.3 Å². The minimum Gasteiger partial charge on any atom is -0.353 e. The number of amides is 1. The Morgan fingerprint density at radius 1 is 1.23 bits per heavy atom. The van der Waals surface area contributed by atoms with Gasteiger partial charge in [0.1, 0.15) is 11.4 Å². The summed E-state index contributed by atoms with van der Waals surface area (Å²) in [6, 6.07) is 5.37. The fourth-order valence-corrected chi connectivity index (χ4v) is 3.20. The molecule has 0 radical (unpaired) electrons. The van der Waals surface area contributed by atoms with Gasteiger partial charge in [-0.1, -0.05) is 6.07 Å². The van der Waals surface area contributed by atoms with Gasteiger partial charge in [0.15, 0.2) is 5.82 Å². The highest BCUT2D eigenvalue weighted by Crippen LogP contribution is 2.27. The Labute approximate surface area is 151 Å². The Kier molecular flexibility index (Phi) is 4.39. The first kappa shape index (κ1) is 16.3. The molecule has 2 N–H and O–H groups in total. The van der Waals surface area contributed by atoms with Crippen molar-refractivity contribution in [3.8, 4) is 11.3 Å². The van der Waals surface area contributed by atoms with Crippen molar-refractivity contribution in [1.29, 1.82) is 0 Å². The SMILES string of the molecule is Cn1cc(NC(=O)c2cccc(-c3cn[nH]c3)n2)c(N2CCCCC2)n1. The zero-order valence-corrected chi connectivity index (χ0v) is 14.6. The predicted octanol–water partition coefficient (Wildman–Crippen LogP) is 2.45. The number of nitrogens with one attached hydrogen (secondary N) is 2. The zero-order valence-electron chi connectivity index (χ0n) is 14.6. The van der Waals surface area contributed by atoms with Crippen molar-refractivity contribution < 1.29 is 4.79 Å². The van der Waals surface area contributed by atoms with Crippen LogP contribution in [0, 0.1) is 0 Å². The van der Waals surface area contributed by atoms with Gasteiger partial charge in [-0.2, -0.15) is 10.2 Å². The van der Waals surface area contributed by atoms with E-state index >= 15 is 0 Å². The van der Waals surface area contributed by atoms with Crippen LogP contribution in [0.15, 0.2) is 36.8 Å². The molecule has 8 heteroatoms. The third-order valence-electron chi connectivity index (χ3n) is 4.49. The number of hydrogen-bond acceptors (Lipinski definition) is 5. The molecule has 0 spiro atoms. The molecule has 3 aromatic rings. The van der Waals surface area contributed by atoms with Gasteiger partial charge in [0.2, 0.25) is 0 Å².